The minimum Gasteiger partial charge on any atom is -0.361 e. The van der Waals surface area contributed by atoms with E-state index in [4.69, 9.17) is 4.74 Å². The second-order valence-electron chi connectivity index (χ2n) is 9.63. The van der Waals surface area contributed by atoms with Crippen molar-refractivity contribution in [2.45, 2.75) is 45.3 Å². The molecule has 0 saturated heterocycles. The summed E-state index contributed by atoms with van der Waals surface area (Å²) in [6, 6.07) is 19.1. The number of benzene rings is 3. The van der Waals surface area contributed by atoms with Crippen molar-refractivity contribution in [1.29, 1.82) is 5.26 Å². The molecule has 1 aliphatic heterocycles. The smallest absolute Gasteiger partial charge is 0.123 e. The lowest BCUT2D eigenvalue weighted by Crippen LogP contribution is -2.25. The van der Waals surface area contributed by atoms with Crippen molar-refractivity contribution in [2.75, 3.05) is 19.6 Å². The minimum atomic E-state index is -0.304. The second kappa shape index (κ2) is 11.2. The zero-order valence-corrected chi connectivity index (χ0v) is 22.8. The monoisotopic (exact) mass is 559 g/mol. The predicted octanol–water partition coefficient (Wildman–Crippen LogP) is 8.28. The molecule has 3 aromatic carbocycles. The molecule has 0 aliphatic carbocycles. The maximum Gasteiger partial charge on any atom is 0.123 e. The van der Waals surface area contributed by atoms with Crippen LogP contribution in [0, 0.1) is 17.1 Å². The van der Waals surface area contributed by atoms with E-state index < -0.39 is 0 Å². The molecule has 4 aromatic rings. The number of nitriles is 1. The topological polar surface area (TPSA) is 52.0 Å². The number of hydrogen-bond donors (Lipinski definition) is 1. The van der Waals surface area contributed by atoms with Crippen LogP contribution in [-0.4, -0.2) is 29.5 Å². The van der Waals surface area contributed by atoms with Crippen molar-refractivity contribution in [1.82, 2.24) is 9.88 Å². The van der Waals surface area contributed by atoms with Gasteiger partial charge in [-0.1, -0.05) is 48.0 Å². The summed E-state index contributed by atoms with van der Waals surface area (Å²) in [6.07, 6.45) is 4.50. The van der Waals surface area contributed by atoms with Gasteiger partial charge in [-0.05, 0) is 92.0 Å². The van der Waals surface area contributed by atoms with Gasteiger partial charge in [0.1, 0.15) is 11.9 Å². The lowest BCUT2D eigenvalue weighted by atomic mass is 9.86. The molecule has 0 bridgehead atoms. The number of fused-ring (bicyclic) bond motifs is 2. The van der Waals surface area contributed by atoms with Gasteiger partial charge in [0, 0.05) is 32.7 Å². The largest absolute Gasteiger partial charge is 0.361 e. The molecule has 1 aromatic heterocycles. The van der Waals surface area contributed by atoms with Gasteiger partial charge in [-0.3, -0.25) is 0 Å². The summed E-state index contributed by atoms with van der Waals surface area (Å²) in [5, 5.41) is 11.2. The molecular formula is C31H31BrFN3O. The van der Waals surface area contributed by atoms with Crippen LogP contribution in [0.2, 0.25) is 0 Å². The van der Waals surface area contributed by atoms with Gasteiger partial charge in [0.2, 0.25) is 0 Å². The average molecular weight is 561 g/mol. The van der Waals surface area contributed by atoms with Crippen LogP contribution in [0.5, 0.6) is 0 Å². The van der Waals surface area contributed by atoms with Crippen molar-refractivity contribution < 1.29 is 9.13 Å². The second-order valence-corrected chi connectivity index (χ2v) is 10.5. The summed E-state index contributed by atoms with van der Waals surface area (Å²) < 4.78 is 21.4. The molecule has 0 fully saturated rings. The van der Waals surface area contributed by atoms with E-state index in [1.165, 1.54) is 12.1 Å². The Morgan fingerprint density at radius 3 is 2.62 bits per heavy atom. The normalized spacial score (nSPS) is 16.9. The highest BCUT2D eigenvalue weighted by molar-refractivity contribution is 9.10. The summed E-state index contributed by atoms with van der Waals surface area (Å²) in [5.74, 6) is -0.265. The maximum absolute atomic E-state index is 13.7. The molecular weight excluding hydrogens is 529 g/mol. The third kappa shape index (κ3) is 5.09. The van der Waals surface area contributed by atoms with E-state index in [1.807, 2.05) is 30.5 Å². The minimum absolute atomic E-state index is 0.161. The molecule has 1 N–H and O–H groups in total. The molecule has 2 heterocycles. The molecule has 190 valence electrons. The lowest BCUT2D eigenvalue weighted by molar-refractivity contribution is 0.0259. The third-order valence-electron chi connectivity index (χ3n) is 7.32. The summed E-state index contributed by atoms with van der Waals surface area (Å²) >= 11 is 3.61. The van der Waals surface area contributed by atoms with Crippen LogP contribution in [0.3, 0.4) is 0 Å². The summed E-state index contributed by atoms with van der Waals surface area (Å²) in [4.78, 5) is 5.85. The summed E-state index contributed by atoms with van der Waals surface area (Å²) in [7, 11) is 0. The Balaban J connectivity index is 1.62. The number of aromatic amines is 1. The van der Waals surface area contributed by atoms with E-state index in [-0.39, 0.29) is 18.0 Å². The summed E-state index contributed by atoms with van der Waals surface area (Å²) in [5.41, 5.74) is 6.63. The summed E-state index contributed by atoms with van der Waals surface area (Å²) in [6.45, 7) is 7.54. The maximum atomic E-state index is 13.7. The van der Waals surface area contributed by atoms with E-state index in [0.29, 0.717) is 5.56 Å². The van der Waals surface area contributed by atoms with Crippen molar-refractivity contribution in [2.24, 2.45) is 0 Å². The van der Waals surface area contributed by atoms with Crippen LogP contribution in [0.25, 0.3) is 22.0 Å². The highest BCUT2D eigenvalue weighted by atomic mass is 79.9. The van der Waals surface area contributed by atoms with E-state index in [1.54, 1.807) is 12.1 Å². The Morgan fingerprint density at radius 1 is 1.08 bits per heavy atom. The van der Waals surface area contributed by atoms with Crippen LogP contribution in [0.1, 0.15) is 67.6 Å². The standard InChI is InChI=1S/C31H31BrFN3O/c1-3-15-36(4-2)16-5-6-28-30-24(31(37-28)20-7-11-23(33)12-8-20)13-9-21(18-34)29(30)26-19-35-27-14-10-22(32)17-25(26)27/h7-14,17,19,28,31,35H,3-6,15-16H2,1-2H3. The first kappa shape index (κ1) is 25.7. The Labute approximate surface area is 226 Å². The Bertz CT molecular complexity index is 1440. The third-order valence-corrected chi connectivity index (χ3v) is 7.81. The average Bonchev–Trinajstić information content (AvgIpc) is 3.49. The highest BCUT2D eigenvalue weighted by Gasteiger charge is 2.36. The molecule has 2 atom stereocenters. The first-order valence-electron chi connectivity index (χ1n) is 13.0. The molecule has 37 heavy (non-hydrogen) atoms. The SMILES string of the molecule is CCCN(CC)CCCC1OC(c2ccc(F)cc2)c2ccc(C#N)c(-c3c[nH]c4ccc(Br)cc34)c21. The van der Waals surface area contributed by atoms with E-state index in [2.05, 4.69) is 51.8 Å². The molecule has 0 saturated carbocycles. The van der Waals surface area contributed by atoms with E-state index in [9.17, 15) is 9.65 Å². The first-order valence-corrected chi connectivity index (χ1v) is 13.8. The first-order chi connectivity index (χ1) is 18.0. The number of aromatic nitrogens is 1. The van der Waals surface area contributed by atoms with Crippen molar-refractivity contribution in [3.8, 4) is 17.2 Å². The van der Waals surface area contributed by atoms with Crippen LogP contribution in [0.15, 0.2) is 65.3 Å². The fourth-order valence-corrected chi connectivity index (χ4v) is 5.91. The van der Waals surface area contributed by atoms with Gasteiger partial charge in [0.05, 0.1) is 17.7 Å². The molecule has 4 nitrogen and oxygen atoms in total. The Kier molecular flexibility index (Phi) is 7.76. The molecule has 0 radical (unpaired) electrons. The van der Waals surface area contributed by atoms with Crippen molar-refractivity contribution in [3.05, 3.63) is 93.3 Å². The number of hydrogen-bond acceptors (Lipinski definition) is 3. The van der Waals surface area contributed by atoms with Gasteiger partial charge in [0.25, 0.3) is 0 Å². The van der Waals surface area contributed by atoms with Crippen molar-refractivity contribution >= 4 is 26.8 Å². The Morgan fingerprint density at radius 2 is 1.89 bits per heavy atom. The van der Waals surface area contributed by atoms with E-state index in [0.717, 1.165) is 82.1 Å². The zero-order chi connectivity index (χ0) is 25.9. The van der Waals surface area contributed by atoms with Crippen LogP contribution in [0.4, 0.5) is 4.39 Å². The van der Waals surface area contributed by atoms with Crippen LogP contribution >= 0.6 is 15.9 Å². The number of ether oxygens (including phenoxy) is 1. The molecule has 5 rings (SSSR count). The van der Waals surface area contributed by atoms with Gasteiger partial charge >= 0.3 is 0 Å². The van der Waals surface area contributed by atoms with Gasteiger partial charge in [-0.2, -0.15) is 5.26 Å². The number of rotatable bonds is 9. The Hall–Kier alpha value is -2.98. The van der Waals surface area contributed by atoms with Crippen LogP contribution < -0.4 is 0 Å². The fourth-order valence-electron chi connectivity index (χ4n) is 5.55. The fraction of sp³-hybridized carbons (Fsp3) is 0.323. The van der Waals surface area contributed by atoms with Crippen molar-refractivity contribution in [3.63, 3.8) is 0 Å². The highest BCUT2D eigenvalue weighted by Crippen LogP contribution is 2.50. The molecule has 2 unspecified atom stereocenters. The predicted molar refractivity (Wildman–Crippen MR) is 150 cm³/mol. The lowest BCUT2D eigenvalue weighted by Gasteiger charge is -2.21. The molecule has 0 amide bonds. The van der Waals surface area contributed by atoms with Gasteiger partial charge < -0.3 is 14.6 Å². The van der Waals surface area contributed by atoms with Crippen LogP contribution in [-0.2, 0) is 4.74 Å². The number of nitrogens with zero attached hydrogens (tertiary/aromatic N) is 2. The quantitative estimate of drug-likeness (QED) is 0.224. The van der Waals surface area contributed by atoms with Gasteiger partial charge in [-0.25, -0.2) is 4.39 Å². The number of nitrogens with one attached hydrogen (secondary N) is 1. The molecule has 1 aliphatic rings. The van der Waals surface area contributed by atoms with Gasteiger partial charge in [0.15, 0.2) is 0 Å². The zero-order valence-electron chi connectivity index (χ0n) is 21.2. The number of halogens is 2. The molecule has 6 heteroatoms. The molecule has 0 spiro atoms. The number of H-pyrrole nitrogens is 1. The van der Waals surface area contributed by atoms with E-state index >= 15 is 0 Å². The van der Waals surface area contributed by atoms with Gasteiger partial charge in [-0.15, -0.1) is 0 Å².